The minimum Gasteiger partial charge on any atom is -0.468 e. The van der Waals surface area contributed by atoms with Gasteiger partial charge in [0.15, 0.2) is 5.96 Å². The zero-order chi connectivity index (χ0) is 19.3. The molecule has 2 rings (SSSR count). The lowest BCUT2D eigenvalue weighted by Gasteiger charge is -2.17. The van der Waals surface area contributed by atoms with Crippen LogP contribution in [0.1, 0.15) is 30.2 Å². The molecular formula is C21H32N4O2. The number of benzene rings is 1. The average molecular weight is 373 g/mol. The van der Waals surface area contributed by atoms with Crippen molar-refractivity contribution in [2.45, 2.75) is 33.0 Å². The van der Waals surface area contributed by atoms with Crippen molar-refractivity contribution >= 4 is 5.96 Å². The summed E-state index contributed by atoms with van der Waals surface area (Å²) in [7, 11) is 3.82. The third-order valence-corrected chi connectivity index (χ3v) is 4.13. The molecule has 2 N–H and O–H groups in total. The van der Waals surface area contributed by atoms with E-state index in [0.717, 1.165) is 50.9 Å². The summed E-state index contributed by atoms with van der Waals surface area (Å²) in [6, 6.07) is 12.4. The van der Waals surface area contributed by atoms with E-state index in [0.29, 0.717) is 6.54 Å². The van der Waals surface area contributed by atoms with E-state index in [1.165, 1.54) is 11.1 Å². The highest BCUT2D eigenvalue weighted by molar-refractivity contribution is 5.79. The molecule has 0 unspecified atom stereocenters. The topological polar surface area (TPSA) is 62.0 Å². The van der Waals surface area contributed by atoms with Gasteiger partial charge in [-0.25, -0.2) is 4.99 Å². The molecule has 0 saturated carbocycles. The normalized spacial score (nSPS) is 11.8. The second kappa shape index (κ2) is 12.1. The number of hydrogen-bond donors (Lipinski definition) is 2. The molecular weight excluding hydrogens is 340 g/mol. The first kappa shape index (κ1) is 21.0. The third-order valence-electron chi connectivity index (χ3n) is 4.13. The van der Waals surface area contributed by atoms with Gasteiger partial charge < -0.3 is 19.8 Å². The second-order valence-corrected chi connectivity index (χ2v) is 6.49. The molecule has 0 amide bonds. The molecule has 6 nitrogen and oxygen atoms in total. The Balaban J connectivity index is 1.95. The summed E-state index contributed by atoms with van der Waals surface area (Å²) in [5.41, 5.74) is 2.52. The van der Waals surface area contributed by atoms with Crippen LogP contribution in [0.25, 0.3) is 0 Å². The largest absolute Gasteiger partial charge is 0.468 e. The average Bonchev–Trinajstić information content (AvgIpc) is 3.17. The van der Waals surface area contributed by atoms with Crippen molar-refractivity contribution in [2.24, 2.45) is 4.99 Å². The molecule has 0 saturated heterocycles. The highest BCUT2D eigenvalue weighted by atomic mass is 16.5. The first-order valence-corrected chi connectivity index (χ1v) is 9.51. The van der Waals surface area contributed by atoms with Crippen LogP contribution >= 0.6 is 0 Å². The summed E-state index contributed by atoms with van der Waals surface area (Å²) >= 11 is 0. The Labute approximate surface area is 162 Å². The van der Waals surface area contributed by atoms with Crippen LogP contribution in [0.15, 0.2) is 52.1 Å². The van der Waals surface area contributed by atoms with Crippen LogP contribution in [0.5, 0.6) is 0 Å². The number of furan rings is 1. The van der Waals surface area contributed by atoms with Gasteiger partial charge in [0.05, 0.1) is 19.4 Å². The Morgan fingerprint density at radius 1 is 1.11 bits per heavy atom. The first-order valence-electron chi connectivity index (χ1n) is 9.51. The van der Waals surface area contributed by atoms with Gasteiger partial charge in [-0.2, -0.15) is 0 Å². The number of guanidine groups is 1. The van der Waals surface area contributed by atoms with Gasteiger partial charge in [-0.1, -0.05) is 24.3 Å². The molecule has 0 aliphatic rings. The van der Waals surface area contributed by atoms with Crippen LogP contribution < -0.4 is 10.6 Å². The molecule has 148 valence electrons. The van der Waals surface area contributed by atoms with Crippen LogP contribution in [0.3, 0.4) is 0 Å². The fourth-order valence-electron chi connectivity index (χ4n) is 2.81. The monoisotopic (exact) mass is 372 g/mol. The van der Waals surface area contributed by atoms with Gasteiger partial charge in [0.1, 0.15) is 5.76 Å². The van der Waals surface area contributed by atoms with Crippen molar-refractivity contribution < 1.29 is 9.15 Å². The van der Waals surface area contributed by atoms with E-state index in [1.54, 1.807) is 13.4 Å². The van der Waals surface area contributed by atoms with Crippen molar-refractivity contribution in [1.29, 1.82) is 0 Å². The number of methoxy groups -OCH3 is 1. The molecule has 0 fully saturated rings. The number of nitrogens with one attached hydrogen (secondary N) is 2. The summed E-state index contributed by atoms with van der Waals surface area (Å²) in [6.45, 7) is 6.78. The van der Waals surface area contributed by atoms with Gasteiger partial charge >= 0.3 is 0 Å². The standard InChI is InChI=1S/C21H32N4O2/c1-4-22-21(23-12-8-13-26-3)24-15-18-9-5-6-10-19(18)16-25(2)17-20-11-7-14-27-20/h5-7,9-11,14H,4,8,12-13,15-17H2,1-3H3,(H2,22,23,24). The quantitative estimate of drug-likeness (QED) is 0.361. The van der Waals surface area contributed by atoms with Gasteiger partial charge in [0.2, 0.25) is 0 Å². The summed E-state index contributed by atoms with van der Waals surface area (Å²) in [6.07, 6.45) is 2.67. The number of ether oxygens (including phenoxy) is 1. The van der Waals surface area contributed by atoms with E-state index in [4.69, 9.17) is 14.1 Å². The van der Waals surface area contributed by atoms with E-state index >= 15 is 0 Å². The van der Waals surface area contributed by atoms with Crippen LogP contribution in [0, 0.1) is 0 Å². The molecule has 27 heavy (non-hydrogen) atoms. The van der Waals surface area contributed by atoms with E-state index < -0.39 is 0 Å². The zero-order valence-electron chi connectivity index (χ0n) is 16.7. The van der Waals surface area contributed by atoms with E-state index in [-0.39, 0.29) is 0 Å². The Morgan fingerprint density at radius 3 is 2.63 bits per heavy atom. The molecule has 0 radical (unpaired) electrons. The maximum absolute atomic E-state index is 5.44. The van der Waals surface area contributed by atoms with Gasteiger partial charge in [-0.3, -0.25) is 4.90 Å². The Kier molecular flexibility index (Phi) is 9.44. The van der Waals surface area contributed by atoms with E-state index in [9.17, 15) is 0 Å². The summed E-state index contributed by atoms with van der Waals surface area (Å²) in [5, 5.41) is 6.65. The predicted octanol–water partition coefficient (Wildman–Crippen LogP) is 3.00. The highest BCUT2D eigenvalue weighted by Gasteiger charge is 2.08. The molecule has 1 aromatic carbocycles. The number of aliphatic imine (C=N–C) groups is 1. The molecule has 2 aromatic rings. The fraction of sp³-hybridized carbons (Fsp3) is 0.476. The molecule has 0 spiro atoms. The van der Waals surface area contributed by atoms with Crippen LogP contribution in [-0.4, -0.2) is 44.7 Å². The molecule has 0 aliphatic heterocycles. The maximum atomic E-state index is 5.44. The smallest absolute Gasteiger partial charge is 0.191 e. The van der Waals surface area contributed by atoms with Gasteiger partial charge in [-0.05, 0) is 43.7 Å². The van der Waals surface area contributed by atoms with E-state index in [1.807, 2.05) is 12.1 Å². The number of hydrogen-bond acceptors (Lipinski definition) is 4. The zero-order valence-corrected chi connectivity index (χ0v) is 16.7. The number of nitrogens with zero attached hydrogens (tertiary/aromatic N) is 2. The minimum absolute atomic E-state index is 0.643. The first-order chi connectivity index (χ1) is 13.2. The van der Waals surface area contributed by atoms with Crippen LogP contribution in [0.4, 0.5) is 0 Å². The highest BCUT2D eigenvalue weighted by Crippen LogP contribution is 2.14. The van der Waals surface area contributed by atoms with Crippen LogP contribution in [-0.2, 0) is 24.4 Å². The van der Waals surface area contributed by atoms with Crippen molar-refractivity contribution in [3.8, 4) is 0 Å². The third kappa shape index (κ3) is 7.85. The summed E-state index contributed by atoms with van der Waals surface area (Å²) in [5.74, 6) is 1.81. The molecule has 1 heterocycles. The van der Waals surface area contributed by atoms with Crippen LogP contribution in [0.2, 0.25) is 0 Å². The molecule has 0 bridgehead atoms. The van der Waals surface area contributed by atoms with Crippen molar-refractivity contribution in [2.75, 3.05) is 33.9 Å². The Hall–Kier alpha value is -2.31. The molecule has 6 heteroatoms. The minimum atomic E-state index is 0.643. The van der Waals surface area contributed by atoms with Gasteiger partial charge in [-0.15, -0.1) is 0 Å². The molecule has 1 aromatic heterocycles. The van der Waals surface area contributed by atoms with Crippen molar-refractivity contribution in [3.63, 3.8) is 0 Å². The summed E-state index contributed by atoms with van der Waals surface area (Å²) in [4.78, 5) is 6.99. The van der Waals surface area contributed by atoms with E-state index in [2.05, 4.69) is 53.8 Å². The number of rotatable bonds is 11. The van der Waals surface area contributed by atoms with Gasteiger partial charge in [0.25, 0.3) is 0 Å². The SMILES string of the molecule is CCNC(=NCc1ccccc1CN(C)Cc1ccco1)NCCCOC. The lowest BCUT2D eigenvalue weighted by Crippen LogP contribution is -2.38. The van der Waals surface area contributed by atoms with Gasteiger partial charge in [0, 0.05) is 33.4 Å². The van der Waals surface area contributed by atoms with Crippen molar-refractivity contribution in [3.05, 3.63) is 59.5 Å². The lowest BCUT2D eigenvalue weighted by atomic mass is 10.1. The predicted molar refractivity (Wildman–Crippen MR) is 110 cm³/mol. The maximum Gasteiger partial charge on any atom is 0.191 e. The Morgan fingerprint density at radius 2 is 1.93 bits per heavy atom. The summed E-state index contributed by atoms with van der Waals surface area (Å²) < 4.78 is 10.5. The second-order valence-electron chi connectivity index (χ2n) is 6.49. The lowest BCUT2D eigenvalue weighted by molar-refractivity contribution is 0.195. The molecule has 0 aliphatic carbocycles. The fourth-order valence-corrected chi connectivity index (χ4v) is 2.81. The molecule has 0 atom stereocenters. The van der Waals surface area contributed by atoms with Crippen molar-refractivity contribution in [1.82, 2.24) is 15.5 Å². The Bertz CT molecular complexity index is 671.